The van der Waals surface area contributed by atoms with Gasteiger partial charge in [0.2, 0.25) is 0 Å². The Balaban J connectivity index is 1.54. The first-order valence-corrected chi connectivity index (χ1v) is 14.1. The standard InChI is InChI=1S/C33H36N6O3/c1-20(2)18-39(32(41)22-9-6-5-7-10-22)29-12-8-11-25(21(29)3)28-19-38(4)33(42)30(37-28)36-27-16-13-23(34)17-26(27)31(40)35-24-14-15-24/h5-13,16-17,19-20,24H,14-15,18,34H2,1-4H3,(H,35,40)(H,36,37). The molecule has 0 saturated heterocycles. The number of aryl methyl sites for hydroxylation is 1. The summed E-state index contributed by atoms with van der Waals surface area (Å²) in [5, 5.41) is 6.07. The molecule has 4 N–H and O–H groups in total. The van der Waals surface area contributed by atoms with Crippen molar-refractivity contribution in [3.63, 3.8) is 0 Å². The van der Waals surface area contributed by atoms with Crippen LogP contribution in [-0.2, 0) is 7.05 Å². The fourth-order valence-electron chi connectivity index (χ4n) is 4.88. The maximum atomic E-state index is 13.6. The average molecular weight is 565 g/mol. The molecular weight excluding hydrogens is 528 g/mol. The lowest BCUT2D eigenvalue weighted by atomic mass is 10.0. The monoisotopic (exact) mass is 564 g/mol. The van der Waals surface area contributed by atoms with Crippen LogP contribution in [0.5, 0.6) is 0 Å². The van der Waals surface area contributed by atoms with Crippen molar-refractivity contribution in [2.45, 2.75) is 39.7 Å². The predicted molar refractivity (Wildman–Crippen MR) is 167 cm³/mol. The Morgan fingerprint density at radius 3 is 2.50 bits per heavy atom. The summed E-state index contributed by atoms with van der Waals surface area (Å²) in [6.07, 6.45) is 3.57. The molecule has 2 amide bonds. The Hall–Kier alpha value is -4.92. The summed E-state index contributed by atoms with van der Waals surface area (Å²) in [6, 6.07) is 20.1. The molecule has 0 atom stereocenters. The SMILES string of the molecule is Cc1c(-c2cn(C)c(=O)c(Nc3ccc(N)cc3C(=O)NC3CC3)n2)cccc1N(CC(C)C)C(=O)c1ccccc1. The van der Waals surface area contributed by atoms with Gasteiger partial charge in [0, 0.05) is 48.3 Å². The number of benzene rings is 3. The molecule has 42 heavy (non-hydrogen) atoms. The largest absolute Gasteiger partial charge is 0.399 e. The van der Waals surface area contributed by atoms with E-state index >= 15 is 0 Å². The van der Waals surface area contributed by atoms with Crippen LogP contribution in [0.15, 0.2) is 77.7 Å². The second-order valence-corrected chi connectivity index (χ2v) is 11.2. The summed E-state index contributed by atoms with van der Waals surface area (Å²) in [6.45, 7) is 6.64. The van der Waals surface area contributed by atoms with Gasteiger partial charge >= 0.3 is 0 Å². The summed E-state index contributed by atoms with van der Waals surface area (Å²) in [4.78, 5) is 46.3. The van der Waals surface area contributed by atoms with Crippen molar-refractivity contribution < 1.29 is 9.59 Å². The molecule has 1 aliphatic rings. The van der Waals surface area contributed by atoms with Crippen molar-refractivity contribution in [1.82, 2.24) is 14.9 Å². The number of amides is 2. The molecule has 0 spiro atoms. The van der Waals surface area contributed by atoms with Gasteiger partial charge in [0.05, 0.1) is 16.9 Å². The molecule has 0 bridgehead atoms. The van der Waals surface area contributed by atoms with Crippen LogP contribution in [0.4, 0.5) is 22.9 Å². The first kappa shape index (κ1) is 28.6. The smallest absolute Gasteiger partial charge is 0.293 e. The molecule has 1 heterocycles. The van der Waals surface area contributed by atoms with Crippen molar-refractivity contribution in [2.24, 2.45) is 13.0 Å². The van der Waals surface area contributed by atoms with E-state index in [1.165, 1.54) is 4.57 Å². The maximum Gasteiger partial charge on any atom is 0.293 e. The van der Waals surface area contributed by atoms with Crippen molar-refractivity contribution >= 4 is 34.7 Å². The first-order valence-electron chi connectivity index (χ1n) is 14.1. The molecule has 1 fully saturated rings. The van der Waals surface area contributed by atoms with Gasteiger partial charge in [-0.05, 0) is 67.6 Å². The summed E-state index contributed by atoms with van der Waals surface area (Å²) in [7, 11) is 1.66. The van der Waals surface area contributed by atoms with Crippen LogP contribution >= 0.6 is 0 Å². The lowest BCUT2D eigenvalue weighted by Crippen LogP contribution is -2.34. The van der Waals surface area contributed by atoms with E-state index in [0.717, 1.165) is 29.7 Å². The molecule has 0 unspecified atom stereocenters. The highest BCUT2D eigenvalue weighted by atomic mass is 16.2. The van der Waals surface area contributed by atoms with E-state index in [2.05, 4.69) is 24.5 Å². The van der Waals surface area contributed by atoms with Crippen LogP contribution < -0.4 is 26.8 Å². The van der Waals surface area contributed by atoms with Gasteiger partial charge in [0.15, 0.2) is 5.82 Å². The molecule has 1 aliphatic carbocycles. The van der Waals surface area contributed by atoms with Crippen LogP contribution in [-0.4, -0.2) is 34.0 Å². The van der Waals surface area contributed by atoms with E-state index in [1.54, 1.807) is 36.3 Å². The molecule has 1 saturated carbocycles. The molecule has 5 rings (SSSR count). The van der Waals surface area contributed by atoms with Gasteiger partial charge in [-0.2, -0.15) is 0 Å². The third kappa shape index (κ3) is 6.20. The average Bonchev–Trinajstić information content (AvgIpc) is 3.79. The van der Waals surface area contributed by atoms with Gasteiger partial charge in [-0.25, -0.2) is 4.98 Å². The topological polar surface area (TPSA) is 122 Å². The number of anilines is 4. The van der Waals surface area contributed by atoms with Crippen molar-refractivity contribution in [2.75, 3.05) is 22.5 Å². The minimum atomic E-state index is -0.348. The molecule has 0 aliphatic heterocycles. The number of nitrogens with zero attached hydrogens (tertiary/aromatic N) is 3. The second kappa shape index (κ2) is 11.9. The Labute approximate surface area is 245 Å². The fraction of sp³-hybridized carbons (Fsp3) is 0.273. The van der Waals surface area contributed by atoms with E-state index in [-0.39, 0.29) is 35.2 Å². The van der Waals surface area contributed by atoms with E-state index in [0.29, 0.717) is 34.7 Å². The number of carbonyl (C=O) groups excluding carboxylic acids is 2. The van der Waals surface area contributed by atoms with Gasteiger partial charge in [0.1, 0.15) is 0 Å². The lowest BCUT2D eigenvalue weighted by molar-refractivity contribution is 0.0950. The highest BCUT2D eigenvalue weighted by Gasteiger charge is 2.26. The normalized spacial score (nSPS) is 12.7. The number of hydrogen-bond donors (Lipinski definition) is 3. The molecule has 9 heteroatoms. The predicted octanol–water partition coefficient (Wildman–Crippen LogP) is 5.28. The Kier molecular flexibility index (Phi) is 8.10. The quantitative estimate of drug-likeness (QED) is 0.238. The molecular formula is C33H36N6O3. The zero-order valence-corrected chi connectivity index (χ0v) is 24.3. The Bertz CT molecular complexity index is 1690. The number of hydrogen-bond acceptors (Lipinski definition) is 6. The molecule has 9 nitrogen and oxygen atoms in total. The summed E-state index contributed by atoms with van der Waals surface area (Å²) in [5.74, 6) is -0.0271. The van der Waals surface area contributed by atoms with E-state index in [4.69, 9.17) is 10.7 Å². The van der Waals surface area contributed by atoms with Crippen molar-refractivity contribution in [3.05, 3.63) is 100.0 Å². The maximum absolute atomic E-state index is 13.6. The molecule has 0 radical (unpaired) electrons. The highest BCUT2D eigenvalue weighted by Crippen LogP contribution is 2.32. The Morgan fingerprint density at radius 2 is 1.81 bits per heavy atom. The van der Waals surface area contributed by atoms with Crippen LogP contribution in [0.3, 0.4) is 0 Å². The summed E-state index contributed by atoms with van der Waals surface area (Å²) in [5.41, 5.74) is 10.4. The van der Waals surface area contributed by atoms with E-state index in [9.17, 15) is 14.4 Å². The number of rotatable bonds is 9. The molecule has 3 aromatic carbocycles. The van der Waals surface area contributed by atoms with Crippen LogP contribution in [0.1, 0.15) is 53.0 Å². The fourth-order valence-corrected chi connectivity index (χ4v) is 4.88. The van der Waals surface area contributed by atoms with Crippen LogP contribution in [0.25, 0.3) is 11.3 Å². The first-order chi connectivity index (χ1) is 20.1. The second-order valence-electron chi connectivity index (χ2n) is 11.2. The number of nitrogen functional groups attached to an aromatic ring is 1. The third-order valence-electron chi connectivity index (χ3n) is 7.21. The minimum absolute atomic E-state index is 0.0736. The number of nitrogens with two attached hydrogens (primary N) is 1. The van der Waals surface area contributed by atoms with Gasteiger partial charge < -0.3 is 25.8 Å². The Morgan fingerprint density at radius 1 is 1.07 bits per heavy atom. The van der Waals surface area contributed by atoms with Gasteiger partial charge in [0.25, 0.3) is 17.4 Å². The van der Waals surface area contributed by atoms with E-state index < -0.39 is 0 Å². The zero-order valence-electron chi connectivity index (χ0n) is 24.3. The zero-order chi connectivity index (χ0) is 30.0. The number of aromatic nitrogens is 2. The lowest BCUT2D eigenvalue weighted by Gasteiger charge is -2.27. The molecule has 216 valence electrons. The third-order valence-corrected chi connectivity index (χ3v) is 7.21. The highest BCUT2D eigenvalue weighted by molar-refractivity contribution is 6.07. The van der Waals surface area contributed by atoms with Gasteiger partial charge in [-0.1, -0.05) is 44.2 Å². The summed E-state index contributed by atoms with van der Waals surface area (Å²) >= 11 is 0. The molecule has 1 aromatic heterocycles. The van der Waals surface area contributed by atoms with E-state index in [1.807, 2.05) is 55.5 Å². The van der Waals surface area contributed by atoms with Crippen LogP contribution in [0, 0.1) is 12.8 Å². The van der Waals surface area contributed by atoms with Gasteiger partial charge in [-0.15, -0.1) is 0 Å². The minimum Gasteiger partial charge on any atom is -0.399 e. The van der Waals surface area contributed by atoms with Crippen molar-refractivity contribution in [1.29, 1.82) is 0 Å². The van der Waals surface area contributed by atoms with Gasteiger partial charge in [-0.3, -0.25) is 14.4 Å². The summed E-state index contributed by atoms with van der Waals surface area (Å²) < 4.78 is 1.46. The molecule has 4 aromatic rings. The number of nitrogens with one attached hydrogen (secondary N) is 2. The van der Waals surface area contributed by atoms with Crippen molar-refractivity contribution in [3.8, 4) is 11.3 Å². The van der Waals surface area contributed by atoms with Crippen LogP contribution in [0.2, 0.25) is 0 Å². The number of carbonyl (C=O) groups is 2.